The van der Waals surface area contributed by atoms with Crippen molar-refractivity contribution in [1.29, 1.82) is 0 Å². The van der Waals surface area contributed by atoms with E-state index in [1.54, 1.807) is 6.07 Å². The molecule has 1 aromatic heterocycles. The Balaban J connectivity index is 1.76. The highest BCUT2D eigenvalue weighted by molar-refractivity contribution is 5.96. The number of carbonyl (C=O) groups is 2. The van der Waals surface area contributed by atoms with Gasteiger partial charge in [-0.2, -0.15) is 0 Å². The van der Waals surface area contributed by atoms with Gasteiger partial charge in [-0.05, 0) is 24.8 Å². The second kappa shape index (κ2) is 7.12. The zero-order chi connectivity index (χ0) is 14.4. The number of carbonyl (C=O) groups excluding carboxylic acids is 2. The summed E-state index contributed by atoms with van der Waals surface area (Å²) in [6.07, 6.45) is 8.53. The molecule has 0 spiro atoms. The molecule has 0 bridgehead atoms. The van der Waals surface area contributed by atoms with Gasteiger partial charge in [0.15, 0.2) is 0 Å². The highest BCUT2D eigenvalue weighted by Gasteiger charge is 2.24. The number of nitrogens with one attached hydrogen (secondary N) is 2. The van der Waals surface area contributed by atoms with Crippen LogP contribution in [0.4, 0.5) is 0 Å². The third kappa shape index (κ3) is 3.85. The third-order valence-electron chi connectivity index (χ3n) is 3.97. The van der Waals surface area contributed by atoms with E-state index >= 15 is 0 Å². The summed E-state index contributed by atoms with van der Waals surface area (Å²) in [7, 11) is 0. The van der Waals surface area contributed by atoms with Crippen LogP contribution in [0.15, 0.2) is 23.0 Å². The molecule has 1 aliphatic carbocycles. The summed E-state index contributed by atoms with van der Waals surface area (Å²) in [6, 6.07) is 1.83. The molecule has 5 nitrogen and oxygen atoms in total. The number of hydrogen-bond acceptors (Lipinski definition) is 3. The lowest BCUT2D eigenvalue weighted by Gasteiger charge is -2.31. The van der Waals surface area contributed by atoms with Crippen LogP contribution in [0.2, 0.25) is 0 Å². The summed E-state index contributed by atoms with van der Waals surface area (Å²) in [6.45, 7) is 2.17. The molecule has 2 rings (SSSR count). The molecule has 0 unspecified atom stereocenters. The summed E-state index contributed by atoms with van der Waals surface area (Å²) in [5, 5.41) is 5.64. The minimum atomic E-state index is -0.287. The van der Waals surface area contributed by atoms with Crippen LogP contribution in [-0.2, 0) is 4.79 Å². The van der Waals surface area contributed by atoms with Crippen LogP contribution in [0.1, 0.15) is 49.4 Å². The van der Waals surface area contributed by atoms with Crippen molar-refractivity contribution in [3.63, 3.8) is 0 Å². The highest BCUT2D eigenvalue weighted by Crippen LogP contribution is 2.26. The molecule has 1 fully saturated rings. The fourth-order valence-electron chi connectivity index (χ4n) is 2.80. The van der Waals surface area contributed by atoms with Crippen LogP contribution < -0.4 is 10.6 Å². The van der Waals surface area contributed by atoms with Gasteiger partial charge in [0.25, 0.3) is 5.91 Å². The monoisotopic (exact) mass is 278 g/mol. The fraction of sp³-hybridized carbons (Fsp3) is 0.600. The van der Waals surface area contributed by atoms with E-state index in [4.69, 9.17) is 4.42 Å². The minimum Gasteiger partial charge on any atom is -0.472 e. The first kappa shape index (κ1) is 14.6. The van der Waals surface area contributed by atoms with Crippen LogP contribution >= 0.6 is 0 Å². The molecule has 2 N–H and O–H groups in total. The van der Waals surface area contributed by atoms with Crippen LogP contribution in [0.5, 0.6) is 0 Å². The van der Waals surface area contributed by atoms with Gasteiger partial charge in [-0.1, -0.05) is 26.2 Å². The standard InChI is InChI=1S/C15H22N2O3/c1-2-11-5-3-4-6-13(11)17-14(18)9-16-15(19)12-7-8-20-10-12/h7-8,10-11,13H,2-6,9H2,1H3,(H,16,19)(H,17,18)/t11-,13-/m0/s1. The Kier molecular flexibility index (Phi) is 5.21. The lowest BCUT2D eigenvalue weighted by molar-refractivity contribution is -0.121. The maximum Gasteiger partial charge on any atom is 0.254 e. The quantitative estimate of drug-likeness (QED) is 0.866. The van der Waals surface area contributed by atoms with Crippen LogP contribution in [-0.4, -0.2) is 24.4 Å². The average molecular weight is 278 g/mol. The van der Waals surface area contributed by atoms with Crippen molar-refractivity contribution >= 4 is 11.8 Å². The van der Waals surface area contributed by atoms with Gasteiger partial charge >= 0.3 is 0 Å². The topological polar surface area (TPSA) is 71.3 Å². The van der Waals surface area contributed by atoms with Gasteiger partial charge in [-0.25, -0.2) is 0 Å². The maximum absolute atomic E-state index is 11.9. The normalized spacial score (nSPS) is 22.2. The molecule has 0 aliphatic heterocycles. The molecule has 1 saturated carbocycles. The SMILES string of the molecule is CC[C@H]1CCCC[C@@H]1NC(=O)CNC(=O)c1ccoc1. The zero-order valence-electron chi connectivity index (χ0n) is 11.9. The predicted octanol–water partition coefficient (Wildman–Crippen LogP) is 2.09. The molecular weight excluding hydrogens is 256 g/mol. The van der Waals surface area contributed by atoms with Crippen LogP contribution in [0, 0.1) is 5.92 Å². The molecule has 2 amide bonds. The second-order valence-electron chi connectivity index (χ2n) is 5.32. The van der Waals surface area contributed by atoms with E-state index in [9.17, 15) is 9.59 Å². The molecule has 0 radical (unpaired) electrons. The van der Waals surface area contributed by atoms with Crippen LogP contribution in [0.3, 0.4) is 0 Å². The van der Waals surface area contributed by atoms with Crippen molar-refractivity contribution in [1.82, 2.24) is 10.6 Å². The number of rotatable bonds is 5. The van der Waals surface area contributed by atoms with Gasteiger partial charge in [0.1, 0.15) is 6.26 Å². The smallest absolute Gasteiger partial charge is 0.254 e. The molecule has 20 heavy (non-hydrogen) atoms. The fourth-order valence-corrected chi connectivity index (χ4v) is 2.80. The first-order valence-electron chi connectivity index (χ1n) is 7.30. The summed E-state index contributed by atoms with van der Waals surface area (Å²) in [4.78, 5) is 23.6. The van der Waals surface area contributed by atoms with Crippen molar-refractivity contribution in [3.05, 3.63) is 24.2 Å². The minimum absolute atomic E-state index is 0.0109. The van der Waals surface area contributed by atoms with Gasteiger partial charge in [-0.15, -0.1) is 0 Å². The Hall–Kier alpha value is -1.78. The molecule has 1 aromatic rings. The van der Waals surface area contributed by atoms with Crippen molar-refractivity contribution in [2.45, 2.75) is 45.1 Å². The van der Waals surface area contributed by atoms with Crippen molar-refractivity contribution in [2.24, 2.45) is 5.92 Å². The number of amides is 2. The van der Waals surface area contributed by atoms with E-state index in [0.717, 1.165) is 12.8 Å². The summed E-state index contributed by atoms with van der Waals surface area (Å²) < 4.78 is 4.83. The van der Waals surface area contributed by atoms with E-state index in [1.165, 1.54) is 31.8 Å². The van der Waals surface area contributed by atoms with E-state index in [1.807, 2.05) is 0 Å². The van der Waals surface area contributed by atoms with Crippen molar-refractivity contribution in [3.8, 4) is 0 Å². The van der Waals surface area contributed by atoms with E-state index in [-0.39, 0.29) is 24.4 Å². The highest BCUT2D eigenvalue weighted by atomic mass is 16.3. The van der Waals surface area contributed by atoms with E-state index < -0.39 is 0 Å². The van der Waals surface area contributed by atoms with E-state index in [2.05, 4.69) is 17.6 Å². The first-order valence-corrected chi connectivity index (χ1v) is 7.30. The van der Waals surface area contributed by atoms with Gasteiger partial charge < -0.3 is 15.1 Å². The Morgan fingerprint density at radius 3 is 2.85 bits per heavy atom. The second-order valence-corrected chi connectivity index (χ2v) is 5.32. The van der Waals surface area contributed by atoms with Gasteiger partial charge in [0, 0.05) is 6.04 Å². The predicted molar refractivity (Wildman–Crippen MR) is 75.2 cm³/mol. The van der Waals surface area contributed by atoms with Gasteiger partial charge in [-0.3, -0.25) is 9.59 Å². The maximum atomic E-state index is 11.9. The molecule has 5 heteroatoms. The molecule has 110 valence electrons. The molecule has 0 saturated heterocycles. The summed E-state index contributed by atoms with van der Waals surface area (Å²) in [5.41, 5.74) is 0.432. The lowest BCUT2D eigenvalue weighted by atomic mass is 9.83. The summed E-state index contributed by atoms with van der Waals surface area (Å²) >= 11 is 0. The van der Waals surface area contributed by atoms with E-state index in [0.29, 0.717) is 11.5 Å². The van der Waals surface area contributed by atoms with Crippen molar-refractivity contribution in [2.75, 3.05) is 6.54 Å². The van der Waals surface area contributed by atoms with Gasteiger partial charge in [0.2, 0.25) is 5.91 Å². The zero-order valence-corrected chi connectivity index (χ0v) is 11.9. The Morgan fingerprint density at radius 1 is 1.35 bits per heavy atom. The number of hydrogen-bond donors (Lipinski definition) is 2. The average Bonchev–Trinajstić information content (AvgIpc) is 2.99. The third-order valence-corrected chi connectivity index (χ3v) is 3.97. The van der Waals surface area contributed by atoms with Crippen molar-refractivity contribution < 1.29 is 14.0 Å². The van der Waals surface area contributed by atoms with Crippen LogP contribution in [0.25, 0.3) is 0 Å². The Labute approximate surface area is 119 Å². The number of furan rings is 1. The van der Waals surface area contributed by atoms with Gasteiger partial charge in [0.05, 0.1) is 18.4 Å². The summed E-state index contributed by atoms with van der Waals surface area (Å²) in [5.74, 6) is 0.161. The molecule has 0 aromatic carbocycles. The molecule has 2 atom stereocenters. The Morgan fingerprint density at radius 2 is 2.15 bits per heavy atom. The Bertz CT molecular complexity index is 442. The first-order chi connectivity index (χ1) is 9.70. The molecule has 1 heterocycles. The largest absolute Gasteiger partial charge is 0.472 e. The lowest BCUT2D eigenvalue weighted by Crippen LogP contribution is -2.46. The molecule has 1 aliphatic rings. The molecular formula is C15H22N2O3.